The molecule has 1 saturated carbocycles. The standard InChI is InChI=1S/C14H19N3O2/c1-19-13-7-6-11(15-16-13)14(18)17-9-8-10-4-2-3-5-12(10)17/h6-7,10,12H,2-5,8-9H2,1H3/t10-,12+/m0/s1. The highest BCUT2D eigenvalue weighted by molar-refractivity contribution is 5.92. The van der Waals surface area contributed by atoms with Gasteiger partial charge in [-0.1, -0.05) is 12.8 Å². The molecular formula is C14H19N3O2. The average Bonchev–Trinajstić information content (AvgIpc) is 2.90. The van der Waals surface area contributed by atoms with Crippen LogP contribution in [0.15, 0.2) is 12.1 Å². The van der Waals surface area contributed by atoms with Crippen LogP contribution in [0.1, 0.15) is 42.6 Å². The number of methoxy groups -OCH3 is 1. The third-order valence-corrected chi connectivity index (χ3v) is 4.34. The highest BCUT2D eigenvalue weighted by atomic mass is 16.5. The van der Waals surface area contributed by atoms with Crippen molar-refractivity contribution in [3.05, 3.63) is 17.8 Å². The van der Waals surface area contributed by atoms with E-state index in [1.807, 2.05) is 4.90 Å². The molecule has 0 bridgehead atoms. The molecule has 0 N–H and O–H groups in total. The number of ether oxygens (including phenoxy) is 1. The first kappa shape index (κ1) is 12.4. The summed E-state index contributed by atoms with van der Waals surface area (Å²) in [7, 11) is 1.54. The first-order valence-electron chi connectivity index (χ1n) is 6.98. The Kier molecular flexibility index (Phi) is 3.36. The summed E-state index contributed by atoms with van der Waals surface area (Å²) in [6.45, 7) is 0.863. The third kappa shape index (κ3) is 2.29. The number of likely N-dealkylation sites (tertiary alicyclic amines) is 1. The largest absolute Gasteiger partial charge is 0.480 e. The van der Waals surface area contributed by atoms with Crippen LogP contribution in [0.4, 0.5) is 0 Å². The number of rotatable bonds is 2. The average molecular weight is 261 g/mol. The van der Waals surface area contributed by atoms with E-state index < -0.39 is 0 Å². The highest BCUT2D eigenvalue weighted by Crippen LogP contribution is 2.36. The number of carbonyl (C=O) groups is 1. The van der Waals surface area contributed by atoms with Crippen LogP contribution < -0.4 is 4.74 Å². The van der Waals surface area contributed by atoms with E-state index in [0.29, 0.717) is 23.5 Å². The highest BCUT2D eigenvalue weighted by Gasteiger charge is 2.38. The fourth-order valence-electron chi connectivity index (χ4n) is 3.35. The Labute approximate surface area is 113 Å². The van der Waals surface area contributed by atoms with Gasteiger partial charge in [-0.05, 0) is 31.2 Å². The smallest absolute Gasteiger partial charge is 0.274 e. The maximum absolute atomic E-state index is 12.5. The maximum atomic E-state index is 12.5. The Hall–Kier alpha value is -1.65. The van der Waals surface area contributed by atoms with Crippen molar-refractivity contribution in [1.82, 2.24) is 15.1 Å². The number of aromatic nitrogens is 2. The summed E-state index contributed by atoms with van der Waals surface area (Å²) in [5, 5.41) is 7.84. The van der Waals surface area contributed by atoms with Crippen molar-refractivity contribution < 1.29 is 9.53 Å². The summed E-state index contributed by atoms with van der Waals surface area (Å²) < 4.78 is 4.96. The molecular weight excluding hydrogens is 242 g/mol. The number of amides is 1. The number of hydrogen-bond donors (Lipinski definition) is 0. The lowest BCUT2D eigenvalue weighted by Gasteiger charge is -2.31. The monoisotopic (exact) mass is 261 g/mol. The molecule has 1 aliphatic carbocycles. The van der Waals surface area contributed by atoms with Gasteiger partial charge in [-0.15, -0.1) is 10.2 Å². The van der Waals surface area contributed by atoms with E-state index in [1.54, 1.807) is 19.2 Å². The van der Waals surface area contributed by atoms with Crippen LogP contribution in [0.25, 0.3) is 0 Å². The van der Waals surface area contributed by atoms with Crippen molar-refractivity contribution in [3.8, 4) is 5.88 Å². The van der Waals surface area contributed by atoms with E-state index in [0.717, 1.165) is 19.4 Å². The molecule has 0 aromatic carbocycles. The summed E-state index contributed by atoms with van der Waals surface area (Å²) in [5.41, 5.74) is 0.423. The molecule has 2 atom stereocenters. The molecule has 1 aliphatic heterocycles. The topological polar surface area (TPSA) is 55.3 Å². The zero-order chi connectivity index (χ0) is 13.2. The van der Waals surface area contributed by atoms with Gasteiger partial charge >= 0.3 is 0 Å². The van der Waals surface area contributed by atoms with Gasteiger partial charge in [-0.3, -0.25) is 4.79 Å². The van der Waals surface area contributed by atoms with Gasteiger partial charge in [-0.25, -0.2) is 0 Å². The van der Waals surface area contributed by atoms with E-state index >= 15 is 0 Å². The quantitative estimate of drug-likeness (QED) is 0.815. The normalized spacial score (nSPS) is 26.1. The van der Waals surface area contributed by atoms with Crippen molar-refractivity contribution in [2.24, 2.45) is 5.92 Å². The number of nitrogens with zero attached hydrogens (tertiary/aromatic N) is 3. The zero-order valence-electron chi connectivity index (χ0n) is 11.2. The lowest BCUT2D eigenvalue weighted by atomic mass is 9.85. The van der Waals surface area contributed by atoms with Gasteiger partial charge in [0.25, 0.3) is 5.91 Å². The van der Waals surface area contributed by atoms with Gasteiger partial charge in [0.2, 0.25) is 5.88 Å². The van der Waals surface area contributed by atoms with Crippen LogP contribution in [0.5, 0.6) is 5.88 Å². The first-order valence-corrected chi connectivity index (χ1v) is 6.98. The van der Waals surface area contributed by atoms with Crippen molar-refractivity contribution in [2.75, 3.05) is 13.7 Å². The van der Waals surface area contributed by atoms with Crippen LogP contribution in [-0.2, 0) is 0 Å². The first-order chi connectivity index (χ1) is 9.29. The molecule has 102 valence electrons. The summed E-state index contributed by atoms with van der Waals surface area (Å²) in [6.07, 6.45) is 6.09. The minimum atomic E-state index is 0.0181. The molecule has 2 fully saturated rings. The van der Waals surface area contributed by atoms with Crippen molar-refractivity contribution in [1.29, 1.82) is 0 Å². The van der Waals surface area contributed by atoms with Crippen LogP contribution in [-0.4, -0.2) is 40.7 Å². The molecule has 1 amide bonds. The third-order valence-electron chi connectivity index (χ3n) is 4.34. The van der Waals surface area contributed by atoms with E-state index in [1.165, 1.54) is 19.3 Å². The van der Waals surface area contributed by atoms with E-state index in [4.69, 9.17) is 4.74 Å². The van der Waals surface area contributed by atoms with Gasteiger partial charge in [0.05, 0.1) is 7.11 Å². The number of hydrogen-bond acceptors (Lipinski definition) is 4. The van der Waals surface area contributed by atoms with Gasteiger partial charge in [-0.2, -0.15) is 0 Å². The Morgan fingerprint density at radius 3 is 2.84 bits per heavy atom. The lowest BCUT2D eigenvalue weighted by Crippen LogP contribution is -2.39. The molecule has 0 unspecified atom stereocenters. The zero-order valence-corrected chi connectivity index (χ0v) is 11.2. The molecule has 19 heavy (non-hydrogen) atoms. The summed E-state index contributed by atoms with van der Waals surface area (Å²) >= 11 is 0. The predicted molar refractivity (Wildman–Crippen MR) is 70.0 cm³/mol. The fourth-order valence-corrected chi connectivity index (χ4v) is 3.35. The second kappa shape index (κ2) is 5.15. The van der Waals surface area contributed by atoms with Crippen molar-refractivity contribution in [3.63, 3.8) is 0 Å². The van der Waals surface area contributed by atoms with Gasteiger partial charge in [0.1, 0.15) is 0 Å². The minimum absolute atomic E-state index is 0.0181. The summed E-state index contributed by atoms with van der Waals surface area (Å²) in [5.74, 6) is 1.15. The van der Waals surface area contributed by atoms with Crippen molar-refractivity contribution in [2.45, 2.75) is 38.1 Å². The molecule has 1 aromatic heterocycles. The van der Waals surface area contributed by atoms with E-state index in [2.05, 4.69) is 10.2 Å². The van der Waals surface area contributed by atoms with Gasteiger partial charge < -0.3 is 9.64 Å². The molecule has 2 aliphatic rings. The SMILES string of the molecule is COc1ccc(C(=O)N2CC[C@@H]3CCCC[C@H]32)nn1. The molecule has 0 radical (unpaired) electrons. The summed E-state index contributed by atoms with van der Waals surface area (Å²) in [4.78, 5) is 14.5. The molecule has 1 aromatic rings. The number of fused-ring (bicyclic) bond motifs is 1. The maximum Gasteiger partial charge on any atom is 0.274 e. The fraction of sp³-hybridized carbons (Fsp3) is 0.643. The molecule has 5 heteroatoms. The van der Waals surface area contributed by atoms with Crippen LogP contribution in [0.3, 0.4) is 0 Å². The summed E-state index contributed by atoms with van der Waals surface area (Å²) in [6, 6.07) is 3.81. The number of carbonyl (C=O) groups excluding carboxylic acids is 1. The lowest BCUT2D eigenvalue weighted by molar-refractivity contribution is 0.0682. The Balaban J connectivity index is 1.75. The molecule has 1 saturated heterocycles. The van der Waals surface area contributed by atoms with Crippen LogP contribution in [0, 0.1) is 5.92 Å². The minimum Gasteiger partial charge on any atom is -0.480 e. The van der Waals surface area contributed by atoms with E-state index in [9.17, 15) is 4.79 Å². The van der Waals surface area contributed by atoms with Crippen LogP contribution >= 0.6 is 0 Å². The molecule has 0 spiro atoms. The predicted octanol–water partition coefficient (Wildman–Crippen LogP) is 1.89. The molecule has 2 heterocycles. The molecule has 5 nitrogen and oxygen atoms in total. The van der Waals surface area contributed by atoms with Crippen molar-refractivity contribution >= 4 is 5.91 Å². The second-order valence-electron chi connectivity index (χ2n) is 5.36. The van der Waals surface area contributed by atoms with Gasteiger partial charge in [0.15, 0.2) is 5.69 Å². The molecule has 3 rings (SSSR count). The van der Waals surface area contributed by atoms with Gasteiger partial charge in [0, 0.05) is 18.7 Å². The Morgan fingerprint density at radius 2 is 2.11 bits per heavy atom. The second-order valence-corrected chi connectivity index (χ2v) is 5.36. The Bertz CT molecular complexity index is 460. The Morgan fingerprint density at radius 1 is 1.26 bits per heavy atom. The van der Waals surface area contributed by atoms with E-state index in [-0.39, 0.29) is 5.91 Å². The van der Waals surface area contributed by atoms with Crippen LogP contribution in [0.2, 0.25) is 0 Å².